The monoisotopic (exact) mass is 312 g/mol. The number of aliphatic hydroxyl groups is 1. The molecular formula is C18H20N2O3. The van der Waals surface area contributed by atoms with Crippen molar-refractivity contribution in [1.82, 2.24) is 10.3 Å². The summed E-state index contributed by atoms with van der Waals surface area (Å²) in [6.07, 6.45) is -0.833. The Kier molecular flexibility index (Phi) is 5.60. The van der Waals surface area contributed by atoms with Gasteiger partial charge in [-0.25, -0.2) is 0 Å². The number of aromatic nitrogens is 1. The van der Waals surface area contributed by atoms with E-state index in [2.05, 4.69) is 10.3 Å². The minimum absolute atomic E-state index is 0.00543. The van der Waals surface area contributed by atoms with Crippen LogP contribution in [-0.4, -0.2) is 21.8 Å². The number of hydrogen-bond donors (Lipinski definition) is 2. The van der Waals surface area contributed by atoms with Crippen molar-refractivity contribution in [2.75, 3.05) is 0 Å². The molecule has 1 unspecified atom stereocenters. The molecule has 0 saturated carbocycles. The number of aliphatic hydroxyl groups excluding tert-OH is 1. The number of Topliss-reactive ketones (excluding diaryl/α,β-unsaturated/α-hetero) is 1. The molecule has 1 atom stereocenters. The van der Waals surface area contributed by atoms with Crippen LogP contribution in [0.4, 0.5) is 0 Å². The van der Waals surface area contributed by atoms with Gasteiger partial charge in [0.1, 0.15) is 0 Å². The first-order valence-electron chi connectivity index (χ1n) is 7.44. The highest BCUT2D eigenvalue weighted by atomic mass is 16.3. The van der Waals surface area contributed by atoms with E-state index < -0.39 is 6.10 Å². The lowest BCUT2D eigenvalue weighted by molar-refractivity contribution is -0.123. The van der Waals surface area contributed by atoms with E-state index >= 15 is 0 Å². The number of amides is 1. The van der Waals surface area contributed by atoms with Gasteiger partial charge in [0.2, 0.25) is 5.91 Å². The first-order valence-corrected chi connectivity index (χ1v) is 7.44. The lowest BCUT2D eigenvalue weighted by Gasteiger charge is -2.11. The minimum atomic E-state index is -0.828. The lowest BCUT2D eigenvalue weighted by Crippen LogP contribution is -2.25. The molecule has 0 spiro atoms. The normalized spacial score (nSPS) is 11.8. The molecule has 1 aromatic heterocycles. The number of pyridine rings is 1. The zero-order chi connectivity index (χ0) is 16.8. The number of aryl methyl sites for hydroxylation is 1. The molecule has 5 heteroatoms. The van der Waals surface area contributed by atoms with Crippen LogP contribution in [0, 0.1) is 6.92 Å². The van der Waals surface area contributed by atoms with Gasteiger partial charge in [-0.05, 0) is 31.5 Å². The Hall–Kier alpha value is -2.53. The van der Waals surface area contributed by atoms with E-state index in [0.717, 1.165) is 0 Å². The Morgan fingerprint density at radius 1 is 1.17 bits per heavy atom. The maximum Gasteiger partial charge on any atom is 0.223 e. The maximum atomic E-state index is 11.9. The quantitative estimate of drug-likeness (QED) is 0.802. The molecule has 0 aliphatic heterocycles. The molecule has 0 aliphatic rings. The fourth-order valence-electron chi connectivity index (χ4n) is 2.31. The fourth-order valence-corrected chi connectivity index (χ4v) is 2.31. The van der Waals surface area contributed by atoms with Gasteiger partial charge >= 0.3 is 0 Å². The van der Waals surface area contributed by atoms with Crippen LogP contribution in [0.25, 0.3) is 0 Å². The van der Waals surface area contributed by atoms with E-state index in [9.17, 15) is 14.7 Å². The van der Waals surface area contributed by atoms with Crippen LogP contribution in [0.15, 0.2) is 42.5 Å². The van der Waals surface area contributed by atoms with Gasteiger partial charge in [-0.2, -0.15) is 0 Å². The van der Waals surface area contributed by atoms with E-state index in [0.29, 0.717) is 22.5 Å². The molecule has 1 heterocycles. The summed E-state index contributed by atoms with van der Waals surface area (Å²) in [7, 11) is 0. The number of carbonyl (C=O) groups excluding carboxylic acids is 2. The van der Waals surface area contributed by atoms with Gasteiger partial charge in [0.25, 0.3) is 0 Å². The summed E-state index contributed by atoms with van der Waals surface area (Å²) >= 11 is 0. The first-order chi connectivity index (χ1) is 11.0. The molecule has 1 amide bonds. The van der Waals surface area contributed by atoms with Crippen molar-refractivity contribution >= 4 is 11.7 Å². The Balaban J connectivity index is 1.89. The molecule has 0 fully saturated rings. The topological polar surface area (TPSA) is 79.3 Å². The third-order valence-electron chi connectivity index (χ3n) is 3.55. The van der Waals surface area contributed by atoms with Crippen LogP contribution in [0.1, 0.15) is 46.8 Å². The van der Waals surface area contributed by atoms with E-state index in [-0.39, 0.29) is 24.7 Å². The highest BCUT2D eigenvalue weighted by Crippen LogP contribution is 2.15. The number of nitrogens with one attached hydrogen (secondary N) is 1. The fraction of sp³-hybridized carbons (Fsp3) is 0.278. The van der Waals surface area contributed by atoms with Crippen LogP contribution in [-0.2, 0) is 11.3 Å². The van der Waals surface area contributed by atoms with Crippen molar-refractivity contribution < 1.29 is 14.7 Å². The molecular weight excluding hydrogens is 292 g/mol. The van der Waals surface area contributed by atoms with Crippen molar-refractivity contribution in [2.45, 2.75) is 32.9 Å². The predicted molar refractivity (Wildman–Crippen MR) is 86.8 cm³/mol. The number of rotatable bonds is 6. The van der Waals surface area contributed by atoms with Crippen molar-refractivity contribution in [3.8, 4) is 0 Å². The van der Waals surface area contributed by atoms with E-state index in [4.69, 9.17) is 0 Å². The predicted octanol–water partition coefficient (Wildman–Crippen LogP) is 2.33. The molecule has 0 saturated heterocycles. The second-order valence-electron chi connectivity index (χ2n) is 5.40. The van der Waals surface area contributed by atoms with Crippen LogP contribution < -0.4 is 5.32 Å². The molecule has 0 radical (unpaired) electrons. The standard InChI is InChI=1S/C18H20N2O3/c1-12-16(13(2)21)9-8-15(20-12)11-19-18(23)10-17(22)14-6-4-3-5-7-14/h3-9,17,22H,10-11H2,1-2H3,(H,19,23). The van der Waals surface area contributed by atoms with Gasteiger partial charge in [-0.3, -0.25) is 14.6 Å². The highest BCUT2D eigenvalue weighted by Gasteiger charge is 2.13. The molecule has 2 rings (SSSR count). The van der Waals surface area contributed by atoms with Gasteiger partial charge in [-0.1, -0.05) is 30.3 Å². The summed E-state index contributed by atoms with van der Waals surface area (Å²) in [5, 5.41) is 12.7. The van der Waals surface area contributed by atoms with Crippen molar-refractivity contribution in [3.05, 3.63) is 65.0 Å². The summed E-state index contributed by atoms with van der Waals surface area (Å²) in [5.41, 5.74) is 2.62. The molecule has 2 aromatic rings. The molecule has 5 nitrogen and oxygen atoms in total. The molecule has 120 valence electrons. The summed E-state index contributed by atoms with van der Waals surface area (Å²) in [6, 6.07) is 12.5. The van der Waals surface area contributed by atoms with Crippen LogP contribution in [0.3, 0.4) is 0 Å². The Labute approximate surface area is 135 Å². The zero-order valence-corrected chi connectivity index (χ0v) is 13.2. The number of ketones is 1. The van der Waals surface area contributed by atoms with Gasteiger partial charge < -0.3 is 10.4 Å². The Morgan fingerprint density at radius 2 is 1.87 bits per heavy atom. The number of nitrogens with zero attached hydrogens (tertiary/aromatic N) is 1. The Morgan fingerprint density at radius 3 is 2.48 bits per heavy atom. The second-order valence-corrected chi connectivity index (χ2v) is 5.40. The van der Waals surface area contributed by atoms with E-state index in [1.165, 1.54) is 6.92 Å². The second kappa shape index (κ2) is 7.65. The van der Waals surface area contributed by atoms with Gasteiger partial charge in [0.15, 0.2) is 5.78 Å². The summed E-state index contributed by atoms with van der Waals surface area (Å²) < 4.78 is 0. The van der Waals surface area contributed by atoms with Gasteiger partial charge in [0, 0.05) is 11.3 Å². The molecule has 0 bridgehead atoms. The average Bonchev–Trinajstić information content (AvgIpc) is 2.53. The SMILES string of the molecule is CC(=O)c1ccc(CNC(=O)CC(O)c2ccccc2)nc1C. The largest absolute Gasteiger partial charge is 0.388 e. The average molecular weight is 312 g/mol. The Bertz CT molecular complexity index is 699. The van der Waals surface area contributed by atoms with Crippen molar-refractivity contribution in [1.29, 1.82) is 0 Å². The van der Waals surface area contributed by atoms with E-state index in [1.807, 2.05) is 18.2 Å². The third-order valence-corrected chi connectivity index (χ3v) is 3.55. The van der Waals surface area contributed by atoms with Crippen LogP contribution in [0.5, 0.6) is 0 Å². The molecule has 0 aliphatic carbocycles. The molecule has 1 aromatic carbocycles. The number of benzene rings is 1. The summed E-state index contributed by atoms with van der Waals surface area (Å²) in [4.78, 5) is 27.6. The number of hydrogen-bond acceptors (Lipinski definition) is 4. The van der Waals surface area contributed by atoms with Crippen LogP contribution in [0.2, 0.25) is 0 Å². The summed E-state index contributed by atoms with van der Waals surface area (Å²) in [6.45, 7) is 3.52. The van der Waals surface area contributed by atoms with Crippen LogP contribution >= 0.6 is 0 Å². The maximum absolute atomic E-state index is 11.9. The number of carbonyl (C=O) groups is 2. The molecule has 2 N–H and O–H groups in total. The summed E-state index contributed by atoms with van der Waals surface area (Å²) in [5.74, 6) is -0.284. The third kappa shape index (κ3) is 4.72. The lowest BCUT2D eigenvalue weighted by atomic mass is 10.1. The first kappa shape index (κ1) is 16.8. The van der Waals surface area contributed by atoms with Crippen molar-refractivity contribution in [2.24, 2.45) is 0 Å². The van der Waals surface area contributed by atoms with Crippen molar-refractivity contribution in [3.63, 3.8) is 0 Å². The smallest absolute Gasteiger partial charge is 0.223 e. The zero-order valence-electron chi connectivity index (χ0n) is 13.2. The van der Waals surface area contributed by atoms with Gasteiger partial charge in [0.05, 0.1) is 24.8 Å². The minimum Gasteiger partial charge on any atom is -0.388 e. The van der Waals surface area contributed by atoms with E-state index in [1.54, 1.807) is 31.2 Å². The molecule has 23 heavy (non-hydrogen) atoms. The van der Waals surface area contributed by atoms with Gasteiger partial charge in [-0.15, -0.1) is 0 Å². The highest BCUT2D eigenvalue weighted by molar-refractivity contribution is 5.95.